The van der Waals surface area contributed by atoms with Gasteiger partial charge in [0.25, 0.3) is 0 Å². The first-order valence-electron chi connectivity index (χ1n) is 14.0. The van der Waals surface area contributed by atoms with E-state index in [0.717, 1.165) is 90.9 Å². The lowest BCUT2D eigenvalue weighted by molar-refractivity contribution is -0.123. The molecule has 4 aromatic rings. The molecule has 0 saturated carbocycles. The van der Waals surface area contributed by atoms with Crippen LogP contribution in [0.15, 0.2) is 59.3 Å². The topological polar surface area (TPSA) is 61.5 Å². The number of Topliss-reactive ketones (excluding diaryl/α,β-unsaturated/α-hetero) is 1. The molecule has 1 N–H and O–H groups in total. The Kier molecular flexibility index (Phi) is 8.04. The van der Waals surface area contributed by atoms with E-state index < -0.39 is 0 Å². The highest BCUT2D eigenvalue weighted by molar-refractivity contribution is 7.08. The summed E-state index contributed by atoms with van der Waals surface area (Å²) in [6.45, 7) is 3.94. The second-order valence-electron chi connectivity index (χ2n) is 10.7. The zero-order chi connectivity index (χ0) is 26.6. The maximum Gasteiger partial charge on any atom is 0.158 e. The van der Waals surface area contributed by atoms with E-state index in [-0.39, 0.29) is 24.6 Å². The summed E-state index contributed by atoms with van der Waals surface area (Å²) in [5.41, 5.74) is 4.95. The lowest BCUT2D eigenvalue weighted by Crippen LogP contribution is -2.39. The van der Waals surface area contributed by atoms with Gasteiger partial charge in [-0.2, -0.15) is 16.4 Å². The number of aromatic amines is 1. The normalized spacial score (nSPS) is 18.1. The smallest absolute Gasteiger partial charge is 0.158 e. The van der Waals surface area contributed by atoms with Crippen LogP contribution in [0.5, 0.6) is 5.75 Å². The number of carbonyl (C=O) groups is 1. The minimum Gasteiger partial charge on any atom is -0.490 e. The summed E-state index contributed by atoms with van der Waals surface area (Å²) >= 11 is 1.65. The Morgan fingerprint density at radius 1 is 1.08 bits per heavy atom. The van der Waals surface area contributed by atoms with E-state index in [4.69, 9.17) is 4.74 Å². The molecule has 0 spiro atoms. The predicted octanol–water partition coefficient (Wildman–Crippen LogP) is 6.05. The van der Waals surface area contributed by atoms with Crippen LogP contribution < -0.4 is 4.74 Å². The summed E-state index contributed by atoms with van der Waals surface area (Å²) in [4.78, 5) is 18.1. The van der Waals surface area contributed by atoms with Crippen LogP contribution in [-0.2, 0) is 11.2 Å². The second-order valence-corrected chi connectivity index (χ2v) is 11.4. The zero-order valence-electron chi connectivity index (χ0n) is 22.2. The summed E-state index contributed by atoms with van der Waals surface area (Å²) in [6, 6.07) is 16.2. The molecular formula is C31H35FN4O2S. The van der Waals surface area contributed by atoms with Gasteiger partial charge in [0.2, 0.25) is 0 Å². The highest BCUT2D eigenvalue weighted by atomic mass is 32.1. The number of hydrogen-bond donors (Lipinski definition) is 1. The third kappa shape index (κ3) is 5.93. The largest absolute Gasteiger partial charge is 0.490 e. The van der Waals surface area contributed by atoms with Crippen molar-refractivity contribution >= 4 is 28.0 Å². The molecule has 2 aromatic heterocycles. The molecule has 2 fully saturated rings. The minimum absolute atomic E-state index is 0.163. The van der Waals surface area contributed by atoms with E-state index in [0.29, 0.717) is 13.0 Å². The van der Waals surface area contributed by atoms with Gasteiger partial charge in [-0.1, -0.05) is 6.07 Å². The molecule has 6 rings (SSSR count). The number of ether oxygens (including phenoxy) is 1. The molecule has 204 valence electrons. The van der Waals surface area contributed by atoms with Crippen LogP contribution in [0, 0.1) is 0 Å². The SMILES string of the molecule is O=C(Cc1ccc2[nH]nc(-c3ccc(OC4CCN(CCF)CC4)cc3)c2c1)C(c1ccsc1)N1CCCC1. The molecule has 2 aliphatic rings. The molecule has 0 bridgehead atoms. The third-order valence-electron chi connectivity index (χ3n) is 8.04. The molecule has 0 aliphatic carbocycles. The first-order chi connectivity index (χ1) is 19.2. The molecule has 0 amide bonds. The van der Waals surface area contributed by atoms with Crippen molar-refractivity contribution in [3.05, 3.63) is 70.4 Å². The van der Waals surface area contributed by atoms with Gasteiger partial charge in [0.1, 0.15) is 18.5 Å². The molecule has 2 saturated heterocycles. The van der Waals surface area contributed by atoms with Gasteiger partial charge >= 0.3 is 0 Å². The molecule has 2 aliphatic heterocycles. The number of alkyl halides is 1. The number of halogens is 1. The van der Waals surface area contributed by atoms with Crippen molar-refractivity contribution in [1.29, 1.82) is 0 Å². The number of fused-ring (bicyclic) bond motifs is 1. The molecule has 39 heavy (non-hydrogen) atoms. The van der Waals surface area contributed by atoms with Gasteiger partial charge in [-0.05, 0) is 103 Å². The summed E-state index contributed by atoms with van der Waals surface area (Å²) in [6.07, 6.45) is 4.70. The van der Waals surface area contributed by atoms with Gasteiger partial charge in [0.05, 0.1) is 17.3 Å². The number of hydrogen-bond acceptors (Lipinski definition) is 6. The highest BCUT2D eigenvalue weighted by Crippen LogP contribution is 2.32. The summed E-state index contributed by atoms with van der Waals surface area (Å²) < 4.78 is 18.8. The van der Waals surface area contributed by atoms with Crippen LogP contribution in [-0.4, -0.2) is 71.3 Å². The molecule has 1 atom stereocenters. The zero-order valence-corrected chi connectivity index (χ0v) is 23.0. The lowest BCUT2D eigenvalue weighted by Gasteiger charge is -2.31. The van der Waals surface area contributed by atoms with Crippen LogP contribution in [0.3, 0.4) is 0 Å². The van der Waals surface area contributed by atoms with Gasteiger partial charge in [-0.25, -0.2) is 4.39 Å². The number of nitrogens with one attached hydrogen (secondary N) is 1. The van der Waals surface area contributed by atoms with E-state index in [1.54, 1.807) is 11.3 Å². The molecule has 2 aromatic carbocycles. The van der Waals surface area contributed by atoms with Crippen molar-refractivity contribution in [2.45, 2.75) is 44.2 Å². The predicted molar refractivity (Wildman–Crippen MR) is 154 cm³/mol. The van der Waals surface area contributed by atoms with E-state index >= 15 is 0 Å². The summed E-state index contributed by atoms with van der Waals surface area (Å²) in [5.74, 6) is 1.09. The van der Waals surface area contributed by atoms with Crippen molar-refractivity contribution in [2.24, 2.45) is 0 Å². The number of thiophene rings is 1. The number of nitrogens with zero attached hydrogens (tertiary/aromatic N) is 3. The fraction of sp³-hybridized carbons (Fsp3) is 0.419. The minimum atomic E-state index is -0.291. The number of likely N-dealkylation sites (tertiary alicyclic amines) is 2. The van der Waals surface area contributed by atoms with Crippen molar-refractivity contribution in [3.8, 4) is 17.0 Å². The molecule has 0 radical (unpaired) electrons. The number of ketones is 1. The highest BCUT2D eigenvalue weighted by Gasteiger charge is 2.30. The van der Waals surface area contributed by atoms with Crippen molar-refractivity contribution < 1.29 is 13.9 Å². The Balaban J connectivity index is 1.16. The van der Waals surface area contributed by atoms with Crippen LogP contribution in [0.2, 0.25) is 0 Å². The number of carbonyl (C=O) groups excluding carboxylic acids is 1. The number of H-pyrrole nitrogens is 1. The van der Waals surface area contributed by atoms with Crippen LogP contribution in [0.25, 0.3) is 22.2 Å². The lowest BCUT2D eigenvalue weighted by atomic mass is 9.97. The maximum absolute atomic E-state index is 13.6. The van der Waals surface area contributed by atoms with Crippen LogP contribution >= 0.6 is 11.3 Å². The van der Waals surface area contributed by atoms with Crippen LogP contribution in [0.4, 0.5) is 4.39 Å². The fourth-order valence-corrected chi connectivity index (χ4v) is 6.65. The number of benzene rings is 2. The molecule has 8 heteroatoms. The maximum atomic E-state index is 13.6. The van der Waals surface area contributed by atoms with E-state index in [9.17, 15) is 9.18 Å². The van der Waals surface area contributed by atoms with Gasteiger partial charge in [-0.3, -0.25) is 14.8 Å². The van der Waals surface area contributed by atoms with E-state index in [1.807, 2.05) is 36.4 Å². The Hall–Kier alpha value is -3.07. The Morgan fingerprint density at radius 3 is 2.59 bits per heavy atom. The Labute approximate surface area is 232 Å². The van der Waals surface area contributed by atoms with E-state index in [2.05, 4.69) is 42.9 Å². The first-order valence-corrected chi connectivity index (χ1v) is 14.9. The van der Waals surface area contributed by atoms with Crippen LogP contribution in [0.1, 0.15) is 42.9 Å². The number of aromatic nitrogens is 2. The van der Waals surface area contributed by atoms with Crippen molar-refractivity contribution in [1.82, 2.24) is 20.0 Å². The molecule has 1 unspecified atom stereocenters. The van der Waals surface area contributed by atoms with Crippen molar-refractivity contribution in [3.63, 3.8) is 0 Å². The monoisotopic (exact) mass is 546 g/mol. The Bertz CT molecular complexity index is 1370. The third-order valence-corrected chi connectivity index (χ3v) is 8.74. The summed E-state index contributed by atoms with van der Waals surface area (Å²) in [7, 11) is 0. The fourth-order valence-electron chi connectivity index (χ4n) is 5.97. The molecule has 6 nitrogen and oxygen atoms in total. The number of rotatable bonds is 10. The quantitative estimate of drug-likeness (QED) is 0.262. The first kappa shape index (κ1) is 26.2. The average Bonchev–Trinajstić information content (AvgIpc) is 3.74. The molecule has 4 heterocycles. The van der Waals surface area contributed by atoms with Gasteiger partial charge in [-0.15, -0.1) is 0 Å². The number of piperidine rings is 1. The van der Waals surface area contributed by atoms with Gasteiger partial charge < -0.3 is 9.64 Å². The molecular weight excluding hydrogens is 511 g/mol. The summed E-state index contributed by atoms with van der Waals surface area (Å²) in [5, 5.41) is 12.9. The van der Waals surface area contributed by atoms with Gasteiger partial charge in [0, 0.05) is 37.0 Å². The average molecular weight is 547 g/mol. The van der Waals surface area contributed by atoms with E-state index in [1.165, 1.54) is 0 Å². The second kappa shape index (κ2) is 12.0. The van der Waals surface area contributed by atoms with Gasteiger partial charge in [0.15, 0.2) is 5.78 Å². The standard InChI is InChI=1S/C31H35FN4O2S/c32-12-17-35-15-9-26(10-16-35)38-25-6-4-23(5-7-25)30-27-19-22(3-8-28(27)33-34-30)20-29(37)31(24-11-18-39-21-24)36-13-1-2-14-36/h3-8,11,18-19,21,26,31H,1-2,9-10,12-17,20H2,(H,33,34). The Morgan fingerprint density at radius 2 is 1.87 bits per heavy atom. The van der Waals surface area contributed by atoms with Crippen molar-refractivity contribution in [2.75, 3.05) is 39.4 Å².